The van der Waals surface area contributed by atoms with Crippen LogP contribution in [0.15, 0.2) is 48.5 Å². The predicted octanol–water partition coefficient (Wildman–Crippen LogP) is 2.45. The van der Waals surface area contributed by atoms with Gasteiger partial charge in [-0.3, -0.25) is 9.69 Å². The van der Waals surface area contributed by atoms with Gasteiger partial charge in [-0.25, -0.2) is 0 Å². The van der Waals surface area contributed by atoms with E-state index in [1.165, 1.54) is 0 Å². The van der Waals surface area contributed by atoms with Crippen LogP contribution in [-0.4, -0.2) is 43.6 Å². The number of esters is 1. The average molecular weight is 343 g/mol. The summed E-state index contributed by atoms with van der Waals surface area (Å²) >= 11 is 6.24. The molecule has 124 valence electrons. The Morgan fingerprint density at radius 2 is 1.88 bits per heavy atom. The number of carbonyl (C=O) groups is 1. The minimum Gasteiger partial charge on any atom is -0.425 e. The number of nitrogens with zero attached hydrogens (tertiary/aromatic N) is 1. The van der Waals surface area contributed by atoms with Crippen LogP contribution in [0.1, 0.15) is 11.1 Å². The third kappa shape index (κ3) is 2.51. The second kappa shape index (κ2) is 6.20. The van der Waals surface area contributed by atoms with Gasteiger partial charge in [-0.05, 0) is 23.8 Å². The maximum Gasteiger partial charge on any atom is 0.327 e. The second-order valence-electron chi connectivity index (χ2n) is 6.33. The highest BCUT2D eigenvalue weighted by atomic mass is 35.5. The molecule has 4 nitrogen and oxygen atoms in total. The lowest BCUT2D eigenvalue weighted by Gasteiger charge is -2.35. The summed E-state index contributed by atoms with van der Waals surface area (Å²) < 4.78 is 5.63. The van der Waals surface area contributed by atoms with E-state index in [-0.39, 0.29) is 5.97 Å². The van der Waals surface area contributed by atoms with Gasteiger partial charge in [0.2, 0.25) is 0 Å². The fourth-order valence-electron chi connectivity index (χ4n) is 3.66. The van der Waals surface area contributed by atoms with Gasteiger partial charge in [0.05, 0.1) is 0 Å². The highest BCUT2D eigenvalue weighted by molar-refractivity contribution is 6.30. The first-order valence-corrected chi connectivity index (χ1v) is 8.59. The van der Waals surface area contributed by atoms with E-state index >= 15 is 0 Å². The van der Waals surface area contributed by atoms with Crippen LogP contribution in [-0.2, 0) is 10.2 Å². The molecule has 2 aromatic rings. The van der Waals surface area contributed by atoms with Crippen LogP contribution in [0.3, 0.4) is 0 Å². The molecule has 2 aliphatic heterocycles. The van der Waals surface area contributed by atoms with Gasteiger partial charge in [-0.15, -0.1) is 0 Å². The third-order valence-electron chi connectivity index (χ3n) is 4.89. The fraction of sp³-hybridized carbons (Fsp3) is 0.316. The summed E-state index contributed by atoms with van der Waals surface area (Å²) in [6.07, 6.45) is 0. The minimum atomic E-state index is -0.821. The Morgan fingerprint density at radius 3 is 2.62 bits per heavy atom. The number of nitrogens with one attached hydrogen (secondary N) is 1. The molecule has 1 saturated heterocycles. The molecule has 0 radical (unpaired) electrons. The molecular weight excluding hydrogens is 324 g/mol. The van der Waals surface area contributed by atoms with Gasteiger partial charge in [0, 0.05) is 43.3 Å². The summed E-state index contributed by atoms with van der Waals surface area (Å²) in [4.78, 5) is 15.4. The second-order valence-corrected chi connectivity index (χ2v) is 6.76. The molecule has 24 heavy (non-hydrogen) atoms. The van der Waals surface area contributed by atoms with Crippen molar-refractivity contribution in [3.05, 3.63) is 64.7 Å². The van der Waals surface area contributed by atoms with Gasteiger partial charge in [0.1, 0.15) is 11.2 Å². The van der Waals surface area contributed by atoms with E-state index in [1.807, 2.05) is 36.4 Å². The van der Waals surface area contributed by atoms with Crippen LogP contribution in [0.2, 0.25) is 5.02 Å². The summed E-state index contributed by atoms with van der Waals surface area (Å²) in [5.74, 6) is 0.396. The van der Waals surface area contributed by atoms with Crippen LogP contribution in [0.5, 0.6) is 5.75 Å². The van der Waals surface area contributed by atoms with Crippen LogP contribution >= 0.6 is 11.6 Å². The Bertz CT molecular complexity index is 759. The van der Waals surface area contributed by atoms with Crippen molar-refractivity contribution in [1.82, 2.24) is 10.2 Å². The molecule has 2 aromatic carbocycles. The van der Waals surface area contributed by atoms with E-state index in [2.05, 4.69) is 10.2 Å². The standard InChI is InChI=1S/C19H19ClN2O2/c20-15-6-7-17-16(12-15)19(18(23)24-17,14-4-2-1-3-5-14)13-22-10-8-21-9-11-22/h1-7,12,21H,8-11,13H2. The highest BCUT2D eigenvalue weighted by Crippen LogP contribution is 2.46. The minimum absolute atomic E-state index is 0.218. The van der Waals surface area contributed by atoms with Crippen LogP contribution in [0.25, 0.3) is 0 Å². The van der Waals surface area contributed by atoms with E-state index in [9.17, 15) is 4.79 Å². The summed E-state index contributed by atoms with van der Waals surface area (Å²) in [6.45, 7) is 4.30. The number of rotatable bonds is 3. The van der Waals surface area contributed by atoms with Crippen molar-refractivity contribution in [2.75, 3.05) is 32.7 Å². The highest BCUT2D eigenvalue weighted by Gasteiger charge is 2.51. The topological polar surface area (TPSA) is 41.6 Å². The number of carbonyl (C=O) groups excluding carboxylic acids is 1. The number of ether oxygens (including phenoxy) is 1. The fourth-order valence-corrected chi connectivity index (χ4v) is 3.84. The molecule has 4 rings (SSSR count). The van der Waals surface area contributed by atoms with Gasteiger partial charge in [-0.2, -0.15) is 0 Å². The lowest BCUT2D eigenvalue weighted by atomic mass is 9.75. The van der Waals surface area contributed by atoms with Crippen molar-refractivity contribution < 1.29 is 9.53 Å². The molecule has 0 bridgehead atoms. The largest absolute Gasteiger partial charge is 0.425 e. The van der Waals surface area contributed by atoms with Crippen LogP contribution in [0, 0.1) is 0 Å². The molecular formula is C19H19ClN2O2. The molecule has 0 aliphatic carbocycles. The molecule has 1 unspecified atom stereocenters. The van der Waals surface area contributed by atoms with Gasteiger partial charge in [-0.1, -0.05) is 41.9 Å². The summed E-state index contributed by atoms with van der Waals surface area (Å²) in [5.41, 5.74) is 0.998. The van der Waals surface area contributed by atoms with Crippen molar-refractivity contribution >= 4 is 17.6 Å². The van der Waals surface area contributed by atoms with Crippen LogP contribution in [0.4, 0.5) is 0 Å². The van der Waals surface area contributed by atoms with E-state index in [1.54, 1.807) is 12.1 Å². The zero-order chi connectivity index (χ0) is 16.6. The zero-order valence-corrected chi connectivity index (χ0v) is 14.1. The average Bonchev–Trinajstić information content (AvgIpc) is 2.89. The van der Waals surface area contributed by atoms with Crippen LogP contribution < -0.4 is 10.1 Å². The maximum absolute atomic E-state index is 13.0. The quantitative estimate of drug-likeness (QED) is 0.687. The summed E-state index contributed by atoms with van der Waals surface area (Å²) in [6, 6.07) is 15.3. The first-order valence-electron chi connectivity index (χ1n) is 8.21. The number of halogens is 1. The van der Waals surface area contributed by atoms with Crippen molar-refractivity contribution in [2.24, 2.45) is 0 Å². The summed E-state index contributed by atoms with van der Waals surface area (Å²) in [5, 5.41) is 3.97. The molecule has 2 heterocycles. The van der Waals surface area contributed by atoms with E-state index in [4.69, 9.17) is 16.3 Å². The molecule has 2 aliphatic rings. The maximum atomic E-state index is 13.0. The zero-order valence-electron chi connectivity index (χ0n) is 13.3. The monoisotopic (exact) mass is 342 g/mol. The molecule has 1 N–H and O–H groups in total. The Labute approximate surface area is 146 Å². The number of fused-ring (bicyclic) bond motifs is 1. The lowest BCUT2D eigenvalue weighted by molar-refractivity contribution is -0.137. The van der Waals surface area contributed by atoms with Crippen molar-refractivity contribution in [2.45, 2.75) is 5.41 Å². The first kappa shape index (κ1) is 15.6. The van der Waals surface area contributed by atoms with Gasteiger partial charge >= 0.3 is 5.97 Å². The molecule has 0 spiro atoms. The Kier molecular flexibility index (Phi) is 4.04. The Hall–Kier alpha value is -1.88. The molecule has 5 heteroatoms. The van der Waals surface area contributed by atoms with E-state index in [0.29, 0.717) is 17.3 Å². The van der Waals surface area contributed by atoms with Crippen molar-refractivity contribution in [3.8, 4) is 5.75 Å². The molecule has 0 aromatic heterocycles. The lowest BCUT2D eigenvalue weighted by Crippen LogP contribution is -2.52. The predicted molar refractivity (Wildman–Crippen MR) is 93.6 cm³/mol. The molecule has 1 atom stereocenters. The van der Waals surface area contributed by atoms with Crippen molar-refractivity contribution in [1.29, 1.82) is 0 Å². The summed E-state index contributed by atoms with van der Waals surface area (Å²) in [7, 11) is 0. The number of benzene rings is 2. The molecule has 0 amide bonds. The molecule has 0 saturated carbocycles. The smallest absolute Gasteiger partial charge is 0.327 e. The number of piperazine rings is 1. The Morgan fingerprint density at radius 1 is 1.12 bits per heavy atom. The first-order chi connectivity index (χ1) is 11.7. The van der Waals surface area contributed by atoms with E-state index in [0.717, 1.165) is 37.3 Å². The van der Waals surface area contributed by atoms with Gasteiger partial charge in [0.15, 0.2) is 0 Å². The van der Waals surface area contributed by atoms with Gasteiger partial charge in [0.25, 0.3) is 0 Å². The SMILES string of the molecule is O=C1Oc2ccc(Cl)cc2C1(CN1CCNCC1)c1ccccc1. The normalized spacial score (nSPS) is 23.8. The number of hydrogen-bond acceptors (Lipinski definition) is 4. The van der Waals surface area contributed by atoms with Gasteiger partial charge < -0.3 is 10.1 Å². The van der Waals surface area contributed by atoms with Crippen molar-refractivity contribution in [3.63, 3.8) is 0 Å². The van der Waals surface area contributed by atoms with E-state index < -0.39 is 5.41 Å². The Balaban J connectivity index is 1.85. The third-order valence-corrected chi connectivity index (χ3v) is 5.12. The molecule has 1 fully saturated rings. The number of hydrogen-bond donors (Lipinski definition) is 1.